The Hall–Kier alpha value is -0.280. The van der Waals surface area contributed by atoms with Crippen LogP contribution < -0.4 is 5.73 Å². The van der Waals surface area contributed by atoms with Crippen molar-refractivity contribution in [1.82, 2.24) is 0 Å². The van der Waals surface area contributed by atoms with Crippen molar-refractivity contribution in [3.05, 3.63) is 0 Å². The second-order valence-corrected chi connectivity index (χ2v) is 1.24. The van der Waals surface area contributed by atoms with Crippen molar-refractivity contribution < 1.29 is 11.3 Å². The topological polar surface area (TPSA) is 63.3 Å². The van der Waals surface area contributed by atoms with Crippen LogP contribution in [-0.2, 0) is 4.79 Å². The van der Waals surface area contributed by atoms with Gasteiger partial charge in [-0.3, -0.25) is 4.79 Å². The summed E-state index contributed by atoms with van der Waals surface area (Å²) < 4.78 is 6.57. The summed E-state index contributed by atoms with van der Waals surface area (Å²) in [4.78, 5) is 9.81. The molecule has 0 aliphatic rings. The molecule has 0 bridgehead atoms. The van der Waals surface area contributed by atoms with Gasteiger partial charge in [-0.25, -0.2) is 0 Å². The summed E-state index contributed by atoms with van der Waals surface area (Å²) in [5, 5.41) is 8.02. The Morgan fingerprint density at radius 2 is 2.71 bits per heavy atom. The van der Waals surface area contributed by atoms with Crippen LogP contribution in [0.25, 0.3) is 0 Å². The van der Waals surface area contributed by atoms with Gasteiger partial charge in [-0.05, 0) is 0 Å². The number of hydrogen-bond acceptors (Lipinski definition) is 2. The average molecular weight is 125 g/mol. The fraction of sp³-hybridized carbons (Fsp3) is 0.667. The maximum atomic E-state index is 9.81. The van der Waals surface area contributed by atoms with Crippen LogP contribution in [0.15, 0.2) is 0 Å². The number of hydrogen-bond donors (Lipinski definition) is 2. The molecule has 0 saturated carbocycles. The van der Waals surface area contributed by atoms with Crippen LogP contribution in [0.4, 0.5) is 0 Å². The minimum absolute atomic E-state index is 1.25. The predicted octanol–water partition coefficient (Wildman–Crippen LogP) is -0.363. The summed E-state index contributed by atoms with van der Waals surface area (Å²) in [5.74, 6) is -2.51. The van der Waals surface area contributed by atoms with Gasteiger partial charge in [0.25, 0.3) is 0 Å². The molecule has 0 saturated heterocycles. The van der Waals surface area contributed by atoms with Gasteiger partial charge < -0.3 is 10.8 Å². The van der Waals surface area contributed by atoms with Crippen LogP contribution in [0.1, 0.15) is 1.37 Å². The molecule has 0 aromatic rings. The van der Waals surface area contributed by atoms with E-state index in [1.807, 2.05) is 0 Å². The van der Waals surface area contributed by atoms with Gasteiger partial charge in [0.2, 0.25) is 0 Å². The molecular formula is C3H6ClNO2. The van der Waals surface area contributed by atoms with Gasteiger partial charge in [0.1, 0.15) is 6.04 Å². The van der Waals surface area contributed by atoms with Gasteiger partial charge in [0.15, 0.2) is 0 Å². The Morgan fingerprint density at radius 1 is 2.29 bits per heavy atom. The molecule has 0 rings (SSSR count). The summed E-state index contributed by atoms with van der Waals surface area (Å²) >= 11 is 4.98. The van der Waals surface area contributed by atoms with Gasteiger partial charge in [-0.15, -0.1) is 11.6 Å². The molecule has 0 aromatic heterocycles. The summed E-state index contributed by atoms with van der Waals surface area (Å²) in [5.41, 5.74) is 4.84. The van der Waals surface area contributed by atoms with E-state index < -0.39 is 17.9 Å². The van der Waals surface area contributed by atoms with Crippen molar-refractivity contribution in [3.8, 4) is 0 Å². The van der Waals surface area contributed by atoms with Crippen LogP contribution in [0.2, 0.25) is 0 Å². The third kappa shape index (κ3) is 2.42. The Kier molecular flexibility index (Phi) is 1.96. The Labute approximate surface area is 47.5 Å². The molecule has 0 radical (unpaired) electrons. The van der Waals surface area contributed by atoms with Crippen molar-refractivity contribution in [1.29, 1.82) is 0 Å². The Morgan fingerprint density at radius 3 is 2.71 bits per heavy atom. The second-order valence-electron chi connectivity index (χ2n) is 0.990. The van der Waals surface area contributed by atoms with E-state index in [4.69, 9.17) is 23.8 Å². The molecule has 3 nitrogen and oxygen atoms in total. The molecule has 0 aliphatic carbocycles. The minimum Gasteiger partial charge on any atom is -0.480 e. The molecule has 3 N–H and O–H groups in total. The SMILES string of the molecule is [2H][C@@H](Cl)[C@H](N)C(=O)O. The first-order valence-corrected chi connectivity index (χ1v) is 2.04. The molecule has 0 fully saturated rings. The molecule has 0 aliphatic heterocycles. The van der Waals surface area contributed by atoms with E-state index in [1.165, 1.54) is 0 Å². The number of alkyl halides is 1. The standard InChI is InChI=1S/C3H6ClNO2/c4-1-2(5)3(6)7/h2H,1,5H2,(H,6,7)/t2-/m0/s1/i1D/t1-,2+/m1. The normalized spacial score (nSPS) is 20.0. The third-order valence-electron chi connectivity index (χ3n) is 0.421. The molecule has 0 amide bonds. The van der Waals surface area contributed by atoms with Crippen LogP contribution in [0, 0.1) is 0 Å². The molecule has 2 atom stereocenters. The smallest absolute Gasteiger partial charge is 0.321 e. The first kappa shape index (κ1) is 4.87. The summed E-state index contributed by atoms with van der Waals surface area (Å²) in [6, 6.07) is -1.28. The van der Waals surface area contributed by atoms with E-state index in [0.717, 1.165) is 0 Å². The molecule has 4 heteroatoms. The highest BCUT2D eigenvalue weighted by Gasteiger charge is 2.07. The van der Waals surface area contributed by atoms with Crippen molar-refractivity contribution in [2.24, 2.45) is 5.73 Å². The van der Waals surface area contributed by atoms with E-state index in [-0.39, 0.29) is 0 Å². The molecular weight excluding hydrogens is 117 g/mol. The second kappa shape index (κ2) is 2.82. The molecule has 0 unspecified atom stereocenters. The quantitative estimate of drug-likeness (QED) is 0.494. The van der Waals surface area contributed by atoms with Gasteiger partial charge in [-0.2, -0.15) is 0 Å². The number of carboxylic acid groups (broad SMARTS) is 1. The number of aliphatic carboxylic acids is 1. The zero-order valence-corrected chi connectivity index (χ0v) is 4.22. The van der Waals surface area contributed by atoms with Gasteiger partial charge in [0, 0.05) is 7.23 Å². The van der Waals surface area contributed by atoms with Gasteiger partial charge in [0.05, 0.1) is 0 Å². The van der Waals surface area contributed by atoms with Crippen molar-refractivity contribution in [2.45, 2.75) is 6.04 Å². The fourth-order valence-corrected chi connectivity index (χ4v) is 0.162. The summed E-state index contributed by atoms with van der Waals surface area (Å²) in [6.45, 7) is 0. The first-order chi connectivity index (χ1) is 3.55. The zero-order valence-electron chi connectivity index (χ0n) is 4.47. The predicted molar refractivity (Wildman–Crippen MR) is 26.3 cm³/mol. The highest BCUT2D eigenvalue weighted by molar-refractivity contribution is 6.19. The van der Waals surface area contributed by atoms with Crippen LogP contribution >= 0.6 is 11.6 Å². The molecule has 0 aromatic carbocycles. The van der Waals surface area contributed by atoms with Crippen molar-refractivity contribution in [2.75, 3.05) is 5.86 Å². The lowest BCUT2D eigenvalue weighted by atomic mass is 10.4. The minimum atomic E-state index is -1.28. The van der Waals surface area contributed by atoms with Crippen LogP contribution in [0.3, 0.4) is 0 Å². The lowest BCUT2D eigenvalue weighted by Gasteiger charge is -1.95. The number of halogens is 1. The van der Waals surface area contributed by atoms with Crippen LogP contribution in [0.5, 0.6) is 0 Å². The van der Waals surface area contributed by atoms with E-state index in [1.54, 1.807) is 0 Å². The number of carbonyl (C=O) groups is 1. The lowest BCUT2D eigenvalue weighted by molar-refractivity contribution is -0.137. The average Bonchev–Trinajstić information content (AvgIpc) is 1.64. The van der Waals surface area contributed by atoms with E-state index in [0.29, 0.717) is 0 Å². The monoisotopic (exact) mass is 124 g/mol. The Bertz CT molecular complexity index is 97.3. The largest absolute Gasteiger partial charge is 0.480 e. The molecule has 0 heterocycles. The highest BCUT2D eigenvalue weighted by Crippen LogP contribution is 1.80. The van der Waals surface area contributed by atoms with Crippen molar-refractivity contribution >= 4 is 17.6 Å². The van der Waals surface area contributed by atoms with Crippen molar-refractivity contribution in [3.63, 3.8) is 0 Å². The number of carboxylic acids is 1. The highest BCUT2D eigenvalue weighted by atomic mass is 35.5. The Balaban J connectivity index is 3.64. The maximum absolute atomic E-state index is 9.81. The van der Waals surface area contributed by atoms with E-state index in [2.05, 4.69) is 0 Å². The van der Waals surface area contributed by atoms with Gasteiger partial charge in [-0.1, -0.05) is 0 Å². The molecule has 7 heavy (non-hydrogen) atoms. The number of nitrogens with two attached hydrogens (primary N) is 1. The van der Waals surface area contributed by atoms with E-state index in [9.17, 15) is 4.79 Å². The first-order valence-electron chi connectivity index (χ1n) is 2.18. The fourth-order valence-electron chi connectivity index (χ4n) is 0.0539. The van der Waals surface area contributed by atoms with Crippen LogP contribution in [-0.4, -0.2) is 23.0 Å². The summed E-state index contributed by atoms with van der Waals surface area (Å²) in [7, 11) is 0. The zero-order chi connectivity index (χ0) is 6.73. The molecule has 42 valence electrons. The molecule has 0 spiro atoms. The lowest BCUT2D eigenvalue weighted by Crippen LogP contribution is -2.31. The number of rotatable bonds is 2. The third-order valence-corrected chi connectivity index (χ3v) is 0.692. The van der Waals surface area contributed by atoms with Gasteiger partial charge >= 0.3 is 5.97 Å². The maximum Gasteiger partial charge on any atom is 0.321 e. The van der Waals surface area contributed by atoms with E-state index >= 15 is 0 Å². The summed E-state index contributed by atoms with van der Waals surface area (Å²) in [6.07, 6.45) is 0.